The monoisotopic (exact) mass is 274 g/mol. The summed E-state index contributed by atoms with van der Waals surface area (Å²) in [5.41, 5.74) is 0. The molecule has 1 fully saturated rings. The summed E-state index contributed by atoms with van der Waals surface area (Å²) in [6.07, 6.45) is 0.882. The number of nitrogens with one attached hydrogen (secondary N) is 2. The SMILES string of the molecule is CC(NC(=O)NC1CCOC1)c1ccc(Cl)s1. The number of hydrogen-bond donors (Lipinski definition) is 2. The molecule has 4 nitrogen and oxygen atoms in total. The Morgan fingerprint density at radius 2 is 2.47 bits per heavy atom. The van der Waals surface area contributed by atoms with Crippen molar-refractivity contribution < 1.29 is 9.53 Å². The summed E-state index contributed by atoms with van der Waals surface area (Å²) < 4.78 is 5.93. The van der Waals surface area contributed by atoms with Gasteiger partial charge in [0.25, 0.3) is 0 Å². The number of rotatable bonds is 3. The molecule has 1 aliphatic rings. The maximum Gasteiger partial charge on any atom is 0.315 e. The fourth-order valence-electron chi connectivity index (χ4n) is 1.70. The predicted molar refractivity (Wildman–Crippen MR) is 68.6 cm³/mol. The summed E-state index contributed by atoms with van der Waals surface area (Å²) in [4.78, 5) is 12.7. The third kappa shape index (κ3) is 3.59. The number of ether oxygens (including phenoxy) is 1. The summed E-state index contributed by atoms with van der Waals surface area (Å²) >= 11 is 7.33. The number of thiophene rings is 1. The molecule has 2 rings (SSSR count). The third-order valence-corrected chi connectivity index (χ3v) is 4.05. The second-order valence-electron chi connectivity index (χ2n) is 4.04. The van der Waals surface area contributed by atoms with Crippen molar-refractivity contribution in [1.82, 2.24) is 10.6 Å². The van der Waals surface area contributed by atoms with Gasteiger partial charge in [0.05, 0.1) is 23.0 Å². The minimum absolute atomic E-state index is 0.0326. The second-order valence-corrected chi connectivity index (χ2v) is 5.79. The molecular weight excluding hydrogens is 260 g/mol. The van der Waals surface area contributed by atoms with E-state index < -0.39 is 0 Å². The van der Waals surface area contributed by atoms with Crippen LogP contribution >= 0.6 is 22.9 Å². The molecule has 0 radical (unpaired) electrons. The van der Waals surface area contributed by atoms with Gasteiger partial charge in [-0.1, -0.05) is 11.6 Å². The molecule has 0 bridgehead atoms. The Labute approximate surface area is 109 Å². The Morgan fingerprint density at radius 1 is 1.65 bits per heavy atom. The maximum atomic E-state index is 11.7. The lowest BCUT2D eigenvalue weighted by Gasteiger charge is -2.15. The van der Waals surface area contributed by atoms with Gasteiger partial charge in [0.1, 0.15) is 0 Å². The number of hydrogen-bond acceptors (Lipinski definition) is 3. The van der Waals surface area contributed by atoms with Crippen LogP contribution in [0.25, 0.3) is 0 Å². The number of halogens is 1. The summed E-state index contributed by atoms with van der Waals surface area (Å²) in [6, 6.07) is 3.71. The zero-order chi connectivity index (χ0) is 12.3. The highest BCUT2D eigenvalue weighted by Gasteiger charge is 2.19. The molecule has 1 aromatic rings. The molecule has 2 atom stereocenters. The maximum absolute atomic E-state index is 11.7. The molecule has 1 saturated heterocycles. The molecule has 2 unspecified atom stereocenters. The van der Waals surface area contributed by atoms with E-state index in [-0.39, 0.29) is 18.1 Å². The molecule has 2 heterocycles. The van der Waals surface area contributed by atoms with Gasteiger partial charge in [-0.3, -0.25) is 0 Å². The molecular formula is C11H15ClN2O2S. The molecule has 2 amide bonds. The minimum atomic E-state index is -0.155. The van der Waals surface area contributed by atoms with Crippen molar-refractivity contribution in [3.05, 3.63) is 21.3 Å². The fourth-order valence-corrected chi connectivity index (χ4v) is 2.77. The van der Waals surface area contributed by atoms with Crippen LogP contribution in [0.5, 0.6) is 0 Å². The van der Waals surface area contributed by atoms with E-state index in [2.05, 4.69) is 10.6 Å². The average Bonchev–Trinajstić information content (AvgIpc) is 2.89. The van der Waals surface area contributed by atoms with Crippen LogP contribution in [0, 0.1) is 0 Å². The van der Waals surface area contributed by atoms with Gasteiger partial charge in [-0.2, -0.15) is 0 Å². The predicted octanol–water partition coefficient (Wildman–Crippen LogP) is 2.55. The minimum Gasteiger partial charge on any atom is -0.379 e. The molecule has 0 aromatic carbocycles. The second kappa shape index (κ2) is 5.71. The van der Waals surface area contributed by atoms with Crippen LogP contribution in [-0.2, 0) is 4.74 Å². The van der Waals surface area contributed by atoms with Gasteiger partial charge in [0.15, 0.2) is 0 Å². The van der Waals surface area contributed by atoms with Crippen molar-refractivity contribution in [2.24, 2.45) is 0 Å². The van der Waals surface area contributed by atoms with Gasteiger partial charge in [-0.25, -0.2) is 4.79 Å². The van der Waals surface area contributed by atoms with E-state index in [1.807, 2.05) is 19.1 Å². The Balaban J connectivity index is 1.81. The molecule has 0 spiro atoms. The molecule has 94 valence electrons. The average molecular weight is 275 g/mol. The van der Waals surface area contributed by atoms with E-state index in [1.54, 1.807) is 0 Å². The highest BCUT2D eigenvalue weighted by Crippen LogP contribution is 2.26. The first-order valence-corrected chi connectivity index (χ1v) is 6.74. The zero-order valence-corrected chi connectivity index (χ0v) is 11.1. The number of carbonyl (C=O) groups is 1. The first-order valence-electron chi connectivity index (χ1n) is 5.55. The Bertz CT molecular complexity index is 391. The lowest BCUT2D eigenvalue weighted by molar-refractivity contribution is 0.188. The van der Waals surface area contributed by atoms with Crippen molar-refractivity contribution in [3.63, 3.8) is 0 Å². The lowest BCUT2D eigenvalue weighted by atomic mass is 10.2. The Hall–Kier alpha value is -0.780. The van der Waals surface area contributed by atoms with E-state index in [9.17, 15) is 4.79 Å². The molecule has 6 heteroatoms. The first kappa shape index (κ1) is 12.7. The normalized spacial score (nSPS) is 21.2. The number of amides is 2. The van der Waals surface area contributed by atoms with Crippen LogP contribution in [0.15, 0.2) is 12.1 Å². The standard InChI is InChI=1S/C11H15ClN2O2S/c1-7(9-2-3-10(12)17-9)13-11(15)14-8-4-5-16-6-8/h2-3,7-8H,4-6H2,1H3,(H2,13,14,15). The molecule has 2 N–H and O–H groups in total. The third-order valence-electron chi connectivity index (χ3n) is 2.63. The van der Waals surface area contributed by atoms with Gasteiger partial charge in [0, 0.05) is 11.5 Å². The molecule has 1 aromatic heterocycles. The van der Waals surface area contributed by atoms with Gasteiger partial charge in [0.2, 0.25) is 0 Å². The number of carbonyl (C=O) groups excluding carboxylic acids is 1. The van der Waals surface area contributed by atoms with E-state index >= 15 is 0 Å². The van der Waals surface area contributed by atoms with Crippen LogP contribution in [0.4, 0.5) is 4.79 Å². The van der Waals surface area contributed by atoms with Gasteiger partial charge < -0.3 is 15.4 Å². The zero-order valence-electron chi connectivity index (χ0n) is 9.53. The van der Waals surface area contributed by atoms with Gasteiger partial charge in [-0.15, -0.1) is 11.3 Å². The van der Waals surface area contributed by atoms with Gasteiger partial charge in [-0.05, 0) is 25.5 Å². The van der Waals surface area contributed by atoms with Crippen LogP contribution in [0.3, 0.4) is 0 Å². The van der Waals surface area contributed by atoms with E-state index in [0.29, 0.717) is 6.61 Å². The van der Waals surface area contributed by atoms with Crippen LogP contribution < -0.4 is 10.6 Å². The van der Waals surface area contributed by atoms with Crippen LogP contribution in [0.1, 0.15) is 24.3 Å². The topological polar surface area (TPSA) is 50.4 Å². The molecule has 1 aliphatic heterocycles. The van der Waals surface area contributed by atoms with E-state index in [4.69, 9.17) is 16.3 Å². The highest BCUT2D eigenvalue weighted by molar-refractivity contribution is 7.16. The number of urea groups is 1. The quantitative estimate of drug-likeness (QED) is 0.890. The van der Waals surface area contributed by atoms with Crippen molar-refractivity contribution in [1.29, 1.82) is 0 Å². The molecule has 17 heavy (non-hydrogen) atoms. The Morgan fingerprint density at radius 3 is 3.06 bits per heavy atom. The van der Waals surface area contributed by atoms with Crippen molar-refractivity contribution >= 4 is 29.0 Å². The first-order chi connectivity index (χ1) is 8.15. The lowest BCUT2D eigenvalue weighted by Crippen LogP contribution is -2.43. The van der Waals surface area contributed by atoms with Crippen molar-refractivity contribution in [2.75, 3.05) is 13.2 Å². The van der Waals surface area contributed by atoms with Gasteiger partial charge >= 0.3 is 6.03 Å². The summed E-state index contributed by atoms with van der Waals surface area (Å²) in [6.45, 7) is 3.26. The summed E-state index contributed by atoms with van der Waals surface area (Å²) in [5, 5.41) is 5.77. The smallest absolute Gasteiger partial charge is 0.315 e. The fraction of sp³-hybridized carbons (Fsp3) is 0.545. The van der Waals surface area contributed by atoms with Crippen LogP contribution in [0.2, 0.25) is 4.34 Å². The van der Waals surface area contributed by atoms with E-state index in [0.717, 1.165) is 22.2 Å². The summed E-state index contributed by atoms with van der Waals surface area (Å²) in [7, 11) is 0. The molecule has 0 aliphatic carbocycles. The van der Waals surface area contributed by atoms with E-state index in [1.165, 1.54) is 11.3 Å². The van der Waals surface area contributed by atoms with Crippen molar-refractivity contribution in [2.45, 2.75) is 25.4 Å². The Kier molecular flexibility index (Phi) is 4.25. The highest BCUT2D eigenvalue weighted by atomic mass is 35.5. The van der Waals surface area contributed by atoms with Crippen LogP contribution in [-0.4, -0.2) is 25.3 Å². The largest absolute Gasteiger partial charge is 0.379 e. The summed E-state index contributed by atoms with van der Waals surface area (Å²) in [5.74, 6) is 0. The van der Waals surface area contributed by atoms with Crippen molar-refractivity contribution in [3.8, 4) is 0 Å². The molecule has 0 saturated carbocycles.